The zero-order valence-corrected chi connectivity index (χ0v) is 10.8. The van der Waals surface area contributed by atoms with Crippen LogP contribution in [-0.4, -0.2) is 18.5 Å². The van der Waals surface area contributed by atoms with Crippen molar-refractivity contribution >= 4 is 35.3 Å². The number of carbonyl (C=O) groups excluding carboxylic acids is 1. The highest BCUT2D eigenvalue weighted by Crippen LogP contribution is 2.15. The van der Waals surface area contributed by atoms with Gasteiger partial charge in [-0.1, -0.05) is 29.8 Å². The molecule has 0 saturated heterocycles. The largest absolute Gasteiger partial charge is 0.338 e. The maximum Gasteiger partial charge on any atom is 0.318 e. The number of amides is 2. The lowest BCUT2D eigenvalue weighted by molar-refractivity contribution is 0.244. The minimum Gasteiger partial charge on any atom is -0.338 e. The van der Waals surface area contributed by atoms with Crippen molar-refractivity contribution in [2.24, 2.45) is 0 Å². The van der Waals surface area contributed by atoms with Crippen LogP contribution in [-0.2, 0) is 0 Å². The first-order chi connectivity index (χ1) is 8.24. The molecule has 0 spiro atoms. The van der Waals surface area contributed by atoms with Gasteiger partial charge in [-0.25, -0.2) is 4.79 Å². The van der Waals surface area contributed by atoms with Crippen LogP contribution in [0.25, 0.3) is 6.08 Å². The first-order valence-electron chi connectivity index (χ1n) is 5.25. The van der Waals surface area contributed by atoms with Gasteiger partial charge in [-0.05, 0) is 24.1 Å². The molecule has 0 unspecified atom stereocenters. The Morgan fingerprint density at radius 3 is 2.82 bits per heavy atom. The Balaban J connectivity index is 2.35. The second kappa shape index (κ2) is 7.98. The summed E-state index contributed by atoms with van der Waals surface area (Å²) in [6.07, 6.45) is 4.05. The van der Waals surface area contributed by atoms with Crippen molar-refractivity contribution in [2.75, 3.05) is 12.4 Å². The molecule has 0 heterocycles. The van der Waals surface area contributed by atoms with E-state index in [1.54, 1.807) is 18.3 Å². The van der Waals surface area contributed by atoms with E-state index in [1.165, 1.54) is 0 Å². The highest BCUT2D eigenvalue weighted by molar-refractivity contribution is 6.32. The number of hydrogen-bond acceptors (Lipinski definition) is 1. The summed E-state index contributed by atoms with van der Waals surface area (Å²) in [7, 11) is 0. The molecule has 0 bridgehead atoms. The van der Waals surface area contributed by atoms with E-state index >= 15 is 0 Å². The van der Waals surface area contributed by atoms with Crippen LogP contribution >= 0.6 is 23.2 Å². The van der Waals surface area contributed by atoms with Gasteiger partial charge >= 0.3 is 6.03 Å². The number of benzene rings is 1. The molecule has 0 atom stereocenters. The third kappa shape index (κ3) is 5.61. The molecule has 0 aliphatic rings. The van der Waals surface area contributed by atoms with Crippen LogP contribution in [0.3, 0.4) is 0 Å². The van der Waals surface area contributed by atoms with E-state index in [0.29, 0.717) is 17.4 Å². The maximum absolute atomic E-state index is 11.2. The Bertz CT molecular complexity index is 394. The molecule has 2 amide bonds. The van der Waals surface area contributed by atoms with Crippen molar-refractivity contribution < 1.29 is 4.79 Å². The molecule has 5 heteroatoms. The molecule has 0 aromatic heterocycles. The molecule has 0 radical (unpaired) electrons. The van der Waals surface area contributed by atoms with Gasteiger partial charge < -0.3 is 10.6 Å². The topological polar surface area (TPSA) is 41.1 Å². The first kappa shape index (κ1) is 13.9. The molecule has 1 aromatic carbocycles. The summed E-state index contributed by atoms with van der Waals surface area (Å²) in [6.45, 7) is 0.565. The highest BCUT2D eigenvalue weighted by atomic mass is 35.5. The Morgan fingerprint density at radius 2 is 2.12 bits per heavy atom. The molecular formula is C12H14Cl2N2O. The third-order valence-corrected chi connectivity index (χ3v) is 2.59. The van der Waals surface area contributed by atoms with Crippen molar-refractivity contribution in [3.8, 4) is 0 Å². The number of urea groups is 1. The molecule has 0 saturated carbocycles. The Hall–Kier alpha value is -1.19. The summed E-state index contributed by atoms with van der Waals surface area (Å²) in [5, 5.41) is 5.90. The average molecular weight is 273 g/mol. The number of halogens is 2. The molecule has 3 nitrogen and oxygen atoms in total. The normalized spacial score (nSPS) is 10.5. The average Bonchev–Trinajstić information content (AvgIpc) is 2.32. The summed E-state index contributed by atoms with van der Waals surface area (Å²) in [5.74, 6) is 0.537. The van der Waals surface area contributed by atoms with Crippen LogP contribution < -0.4 is 10.6 Å². The van der Waals surface area contributed by atoms with Crippen LogP contribution in [0.2, 0.25) is 5.02 Å². The van der Waals surface area contributed by atoms with E-state index in [9.17, 15) is 4.79 Å². The van der Waals surface area contributed by atoms with Gasteiger partial charge in [-0.15, -0.1) is 11.6 Å². The van der Waals surface area contributed by atoms with E-state index in [4.69, 9.17) is 23.2 Å². The van der Waals surface area contributed by atoms with Gasteiger partial charge in [0.25, 0.3) is 0 Å². The van der Waals surface area contributed by atoms with Crippen molar-refractivity contribution in [3.63, 3.8) is 0 Å². The maximum atomic E-state index is 11.2. The van der Waals surface area contributed by atoms with Crippen LogP contribution in [0.1, 0.15) is 12.0 Å². The summed E-state index contributed by atoms with van der Waals surface area (Å²) in [6, 6.07) is 7.14. The van der Waals surface area contributed by atoms with Gasteiger partial charge in [-0.2, -0.15) is 0 Å². The van der Waals surface area contributed by atoms with Gasteiger partial charge in [0.1, 0.15) is 0 Å². The molecule has 0 aliphatic heterocycles. The van der Waals surface area contributed by atoms with Crippen molar-refractivity contribution in [1.29, 1.82) is 0 Å². The van der Waals surface area contributed by atoms with Crippen LogP contribution in [0.15, 0.2) is 30.5 Å². The summed E-state index contributed by atoms with van der Waals surface area (Å²) >= 11 is 11.4. The summed E-state index contributed by atoms with van der Waals surface area (Å²) < 4.78 is 0. The van der Waals surface area contributed by atoms with Crippen LogP contribution in [0.5, 0.6) is 0 Å². The third-order valence-electron chi connectivity index (χ3n) is 1.98. The molecule has 1 aromatic rings. The fraction of sp³-hybridized carbons (Fsp3) is 0.250. The predicted octanol–water partition coefficient (Wildman–Crippen LogP) is 3.24. The Morgan fingerprint density at radius 1 is 1.35 bits per heavy atom. The Labute approximate surface area is 111 Å². The van der Waals surface area contributed by atoms with E-state index < -0.39 is 0 Å². The zero-order valence-electron chi connectivity index (χ0n) is 9.25. The van der Waals surface area contributed by atoms with Gasteiger partial charge in [0.15, 0.2) is 0 Å². The van der Waals surface area contributed by atoms with Crippen molar-refractivity contribution in [1.82, 2.24) is 10.6 Å². The highest BCUT2D eigenvalue weighted by Gasteiger charge is 1.96. The lowest BCUT2D eigenvalue weighted by Gasteiger charge is -2.02. The fourth-order valence-corrected chi connectivity index (χ4v) is 1.47. The molecule has 1 rings (SSSR count). The fourth-order valence-electron chi connectivity index (χ4n) is 1.14. The van der Waals surface area contributed by atoms with Crippen molar-refractivity contribution in [3.05, 3.63) is 41.1 Å². The van der Waals surface area contributed by atoms with Crippen LogP contribution in [0, 0.1) is 0 Å². The van der Waals surface area contributed by atoms with Crippen LogP contribution in [0.4, 0.5) is 4.79 Å². The smallest absolute Gasteiger partial charge is 0.318 e. The summed E-state index contributed by atoms with van der Waals surface area (Å²) in [5.41, 5.74) is 0.857. The molecule has 0 aliphatic carbocycles. The molecule has 2 N–H and O–H groups in total. The second-order valence-electron chi connectivity index (χ2n) is 3.30. The van der Waals surface area contributed by atoms with E-state index in [2.05, 4.69) is 10.6 Å². The monoisotopic (exact) mass is 272 g/mol. The Kier molecular flexibility index (Phi) is 6.51. The number of rotatable bonds is 5. The number of alkyl halides is 1. The van der Waals surface area contributed by atoms with Crippen molar-refractivity contribution in [2.45, 2.75) is 6.42 Å². The predicted molar refractivity (Wildman–Crippen MR) is 72.4 cm³/mol. The molecule has 92 valence electrons. The van der Waals surface area contributed by atoms with E-state index in [-0.39, 0.29) is 6.03 Å². The number of hydrogen-bond donors (Lipinski definition) is 2. The van der Waals surface area contributed by atoms with Gasteiger partial charge in [0, 0.05) is 23.6 Å². The molecular weight excluding hydrogens is 259 g/mol. The molecule has 17 heavy (non-hydrogen) atoms. The van der Waals surface area contributed by atoms with E-state index in [0.717, 1.165) is 12.0 Å². The summed E-state index contributed by atoms with van der Waals surface area (Å²) in [4.78, 5) is 11.2. The quantitative estimate of drug-likeness (QED) is 0.627. The van der Waals surface area contributed by atoms with Gasteiger partial charge in [0.2, 0.25) is 0 Å². The lowest BCUT2D eigenvalue weighted by Crippen LogP contribution is -2.32. The van der Waals surface area contributed by atoms with Gasteiger partial charge in [0.05, 0.1) is 0 Å². The number of carbonyl (C=O) groups is 1. The minimum atomic E-state index is -0.251. The number of nitrogens with one attached hydrogen (secondary N) is 2. The van der Waals surface area contributed by atoms with Gasteiger partial charge in [-0.3, -0.25) is 0 Å². The minimum absolute atomic E-state index is 0.251. The second-order valence-corrected chi connectivity index (χ2v) is 4.08. The lowest BCUT2D eigenvalue weighted by atomic mass is 10.2. The zero-order chi connectivity index (χ0) is 12.5. The molecule has 0 fully saturated rings. The van der Waals surface area contributed by atoms with E-state index in [1.807, 2.05) is 18.2 Å². The first-order valence-corrected chi connectivity index (χ1v) is 6.16. The SMILES string of the molecule is O=C(N/C=C/c1ccccc1Cl)NCCCCl. The standard InChI is InChI=1S/C12H14Cl2N2O/c13-7-3-8-15-12(17)16-9-6-10-4-1-2-5-11(10)14/h1-2,4-6,9H,3,7-8H2,(H2,15,16,17)/b9-6+.